The summed E-state index contributed by atoms with van der Waals surface area (Å²) in [6.07, 6.45) is 0.839. The predicted molar refractivity (Wildman–Crippen MR) is 94.9 cm³/mol. The van der Waals surface area contributed by atoms with Crippen LogP contribution in [0.3, 0.4) is 0 Å². The number of aromatic nitrogens is 1. The zero-order chi connectivity index (χ0) is 18.0. The molecule has 1 amide bonds. The number of carbonyl (C=O) groups is 1. The number of aryl methyl sites for hydroxylation is 1. The lowest BCUT2D eigenvalue weighted by Gasteiger charge is -2.20. The summed E-state index contributed by atoms with van der Waals surface area (Å²) in [5.41, 5.74) is 1.60. The number of nitrogens with zero attached hydrogens (tertiary/aromatic N) is 3. The van der Waals surface area contributed by atoms with E-state index < -0.39 is 0 Å². The smallest absolute Gasteiger partial charge is 0.226 e. The Morgan fingerprint density at radius 3 is 3.04 bits per heavy atom. The molecule has 25 heavy (non-hydrogen) atoms. The van der Waals surface area contributed by atoms with E-state index in [1.807, 2.05) is 12.1 Å². The van der Waals surface area contributed by atoms with E-state index >= 15 is 0 Å². The van der Waals surface area contributed by atoms with E-state index in [1.54, 1.807) is 19.1 Å². The fraction of sp³-hybridized carbons (Fsp3) is 0.353. The van der Waals surface area contributed by atoms with Crippen LogP contribution in [0, 0.1) is 18.3 Å². The molecule has 1 aromatic carbocycles. The van der Waals surface area contributed by atoms with Gasteiger partial charge in [0.25, 0.3) is 0 Å². The van der Waals surface area contributed by atoms with Crippen molar-refractivity contribution in [2.45, 2.75) is 25.8 Å². The molecular weight excluding hydrogens is 363 g/mol. The molecule has 1 aliphatic rings. The molecule has 2 aromatic rings. The van der Waals surface area contributed by atoms with Crippen molar-refractivity contribution in [3.05, 3.63) is 45.3 Å². The summed E-state index contributed by atoms with van der Waals surface area (Å²) in [4.78, 5) is 14.4. The highest BCUT2D eigenvalue weighted by molar-refractivity contribution is 6.36. The first-order chi connectivity index (χ1) is 12.0. The maximum Gasteiger partial charge on any atom is 0.226 e. The van der Waals surface area contributed by atoms with Gasteiger partial charge in [0.2, 0.25) is 5.91 Å². The molecule has 6 nitrogen and oxygen atoms in total. The third-order valence-electron chi connectivity index (χ3n) is 4.18. The SMILES string of the molecule is Cc1onc(CC(=O)N[C@H]2CCN(c3ccc(Cl)cc3Cl)C2)c1C#N. The number of anilines is 1. The summed E-state index contributed by atoms with van der Waals surface area (Å²) in [7, 11) is 0. The molecule has 1 saturated heterocycles. The molecule has 2 heterocycles. The Labute approximate surface area is 155 Å². The molecule has 1 aliphatic heterocycles. The first-order valence-electron chi connectivity index (χ1n) is 7.82. The van der Waals surface area contributed by atoms with Crippen molar-refractivity contribution < 1.29 is 9.32 Å². The van der Waals surface area contributed by atoms with Crippen molar-refractivity contribution in [3.8, 4) is 6.07 Å². The fourth-order valence-corrected chi connectivity index (χ4v) is 3.48. The molecule has 3 rings (SSSR count). The van der Waals surface area contributed by atoms with Gasteiger partial charge in [0, 0.05) is 24.2 Å². The van der Waals surface area contributed by atoms with Gasteiger partial charge >= 0.3 is 0 Å². The van der Waals surface area contributed by atoms with E-state index in [0.717, 1.165) is 18.7 Å². The van der Waals surface area contributed by atoms with E-state index in [1.165, 1.54) is 0 Å². The molecule has 0 aliphatic carbocycles. The lowest BCUT2D eigenvalue weighted by molar-refractivity contribution is -0.121. The number of rotatable bonds is 4. The van der Waals surface area contributed by atoms with E-state index in [4.69, 9.17) is 33.0 Å². The number of hydrogen-bond donors (Lipinski definition) is 1. The second-order valence-corrected chi connectivity index (χ2v) is 6.79. The lowest BCUT2D eigenvalue weighted by Crippen LogP contribution is -2.38. The molecule has 0 spiro atoms. The summed E-state index contributed by atoms with van der Waals surface area (Å²) < 4.78 is 4.97. The molecule has 1 atom stereocenters. The quantitative estimate of drug-likeness (QED) is 0.883. The van der Waals surface area contributed by atoms with Crippen LogP contribution in [-0.2, 0) is 11.2 Å². The van der Waals surface area contributed by atoms with Crippen LogP contribution < -0.4 is 10.2 Å². The van der Waals surface area contributed by atoms with Crippen LogP contribution in [0.25, 0.3) is 0 Å². The molecule has 0 radical (unpaired) electrons. The summed E-state index contributed by atoms with van der Waals surface area (Å²) in [5.74, 6) is 0.244. The van der Waals surface area contributed by atoms with Crippen LogP contribution in [-0.4, -0.2) is 30.2 Å². The van der Waals surface area contributed by atoms with Gasteiger partial charge in [-0.3, -0.25) is 4.79 Å². The van der Waals surface area contributed by atoms with Gasteiger partial charge in [-0.2, -0.15) is 5.26 Å². The Hall–Kier alpha value is -2.23. The standard InChI is InChI=1S/C17H16Cl2N4O2/c1-10-13(8-20)15(22-25-10)7-17(24)21-12-4-5-23(9-12)16-3-2-11(18)6-14(16)19/h2-3,6,12H,4-5,7,9H2,1H3,(H,21,24)/t12-/m0/s1. The zero-order valence-electron chi connectivity index (χ0n) is 13.6. The van der Waals surface area contributed by atoms with Gasteiger partial charge in [-0.25, -0.2) is 0 Å². The minimum atomic E-state index is -0.182. The molecule has 1 fully saturated rings. The average Bonchev–Trinajstić information content (AvgIpc) is 3.14. The van der Waals surface area contributed by atoms with Gasteiger partial charge in [0.1, 0.15) is 17.3 Å². The van der Waals surface area contributed by atoms with Crippen LogP contribution in [0.15, 0.2) is 22.7 Å². The normalized spacial score (nSPS) is 16.7. The number of nitrogens with one attached hydrogen (secondary N) is 1. The van der Waals surface area contributed by atoms with E-state index in [-0.39, 0.29) is 18.4 Å². The second kappa shape index (κ2) is 7.34. The second-order valence-electron chi connectivity index (χ2n) is 5.94. The number of amides is 1. The number of carbonyl (C=O) groups excluding carboxylic acids is 1. The fourth-order valence-electron chi connectivity index (χ4n) is 2.95. The molecule has 130 valence electrons. The highest BCUT2D eigenvalue weighted by Gasteiger charge is 2.26. The van der Waals surface area contributed by atoms with Crippen molar-refractivity contribution in [2.75, 3.05) is 18.0 Å². The van der Waals surface area contributed by atoms with Crippen LogP contribution in [0.4, 0.5) is 5.69 Å². The van der Waals surface area contributed by atoms with Crippen LogP contribution in [0.1, 0.15) is 23.4 Å². The topological polar surface area (TPSA) is 82.2 Å². The maximum atomic E-state index is 12.2. The highest BCUT2D eigenvalue weighted by atomic mass is 35.5. The largest absolute Gasteiger partial charge is 0.368 e. The zero-order valence-corrected chi connectivity index (χ0v) is 15.1. The lowest BCUT2D eigenvalue weighted by atomic mass is 10.1. The monoisotopic (exact) mass is 378 g/mol. The maximum absolute atomic E-state index is 12.2. The Morgan fingerprint density at radius 2 is 2.32 bits per heavy atom. The van der Waals surface area contributed by atoms with Crippen molar-refractivity contribution in [1.82, 2.24) is 10.5 Å². The highest BCUT2D eigenvalue weighted by Crippen LogP contribution is 2.31. The third-order valence-corrected chi connectivity index (χ3v) is 4.71. The number of nitriles is 1. The molecule has 0 unspecified atom stereocenters. The average molecular weight is 379 g/mol. The first-order valence-corrected chi connectivity index (χ1v) is 8.58. The molecule has 0 saturated carbocycles. The first kappa shape index (κ1) is 17.6. The third kappa shape index (κ3) is 3.89. The van der Waals surface area contributed by atoms with Gasteiger partial charge in [-0.05, 0) is 31.5 Å². The van der Waals surface area contributed by atoms with Crippen LogP contribution >= 0.6 is 23.2 Å². The van der Waals surface area contributed by atoms with Gasteiger partial charge in [-0.1, -0.05) is 28.4 Å². The Balaban J connectivity index is 1.59. The summed E-state index contributed by atoms with van der Waals surface area (Å²) in [6.45, 7) is 3.10. The van der Waals surface area contributed by atoms with Crippen molar-refractivity contribution in [2.24, 2.45) is 0 Å². The Bertz CT molecular complexity index is 844. The molecular formula is C17H16Cl2N4O2. The van der Waals surface area contributed by atoms with Gasteiger partial charge in [0.15, 0.2) is 5.76 Å². The molecule has 1 aromatic heterocycles. The van der Waals surface area contributed by atoms with Crippen LogP contribution in [0.2, 0.25) is 10.0 Å². The van der Waals surface area contributed by atoms with Gasteiger partial charge in [-0.15, -0.1) is 0 Å². The summed E-state index contributed by atoms with van der Waals surface area (Å²) >= 11 is 12.2. The summed E-state index contributed by atoms with van der Waals surface area (Å²) in [5, 5.41) is 17.0. The Morgan fingerprint density at radius 1 is 1.52 bits per heavy atom. The van der Waals surface area contributed by atoms with Crippen LogP contribution in [0.5, 0.6) is 0 Å². The number of hydrogen-bond acceptors (Lipinski definition) is 5. The molecule has 8 heteroatoms. The van der Waals surface area contributed by atoms with Crippen molar-refractivity contribution in [1.29, 1.82) is 5.26 Å². The molecule has 0 bridgehead atoms. The van der Waals surface area contributed by atoms with E-state index in [0.29, 0.717) is 33.6 Å². The predicted octanol–water partition coefficient (Wildman–Crippen LogP) is 3.10. The number of benzene rings is 1. The van der Waals surface area contributed by atoms with E-state index in [9.17, 15) is 4.79 Å². The molecule has 1 N–H and O–H groups in total. The van der Waals surface area contributed by atoms with Gasteiger partial charge in [0.05, 0.1) is 17.1 Å². The summed E-state index contributed by atoms with van der Waals surface area (Å²) in [6, 6.07) is 7.41. The van der Waals surface area contributed by atoms with Gasteiger partial charge < -0.3 is 14.7 Å². The van der Waals surface area contributed by atoms with Crippen molar-refractivity contribution in [3.63, 3.8) is 0 Å². The number of halogens is 2. The van der Waals surface area contributed by atoms with Crippen molar-refractivity contribution >= 4 is 34.8 Å². The minimum absolute atomic E-state index is 0.0118. The van der Waals surface area contributed by atoms with E-state index in [2.05, 4.69) is 15.4 Å². The minimum Gasteiger partial charge on any atom is -0.368 e. The Kier molecular flexibility index (Phi) is 5.16.